The molecule has 0 radical (unpaired) electrons. The molecule has 1 aliphatic rings. The van der Waals surface area contributed by atoms with Crippen LogP contribution >= 0.6 is 0 Å². The van der Waals surface area contributed by atoms with E-state index in [-0.39, 0.29) is 11.3 Å². The van der Waals surface area contributed by atoms with Gasteiger partial charge in [0.25, 0.3) is 0 Å². The van der Waals surface area contributed by atoms with Gasteiger partial charge in [0.15, 0.2) is 0 Å². The minimum atomic E-state index is -0.129. The molecular formula is C17H25NO. The Balaban J connectivity index is 2.06. The number of anilines is 1. The molecule has 1 aromatic rings. The lowest BCUT2D eigenvalue weighted by Gasteiger charge is -2.36. The van der Waals surface area contributed by atoms with Crippen LogP contribution in [-0.4, -0.2) is 19.4 Å². The second-order valence-electron chi connectivity index (χ2n) is 6.56. The number of aryl methyl sites for hydroxylation is 1. The fourth-order valence-electron chi connectivity index (χ4n) is 3.07. The molecule has 0 heterocycles. The highest BCUT2D eigenvalue weighted by Gasteiger charge is 2.37. The van der Waals surface area contributed by atoms with E-state index in [0.29, 0.717) is 5.78 Å². The van der Waals surface area contributed by atoms with Crippen molar-refractivity contribution < 1.29 is 4.79 Å². The number of ketones is 1. The van der Waals surface area contributed by atoms with Gasteiger partial charge >= 0.3 is 0 Å². The fraction of sp³-hybridized carbons (Fsp3) is 0.588. The van der Waals surface area contributed by atoms with Gasteiger partial charge in [-0.1, -0.05) is 32.4 Å². The molecule has 0 saturated heterocycles. The van der Waals surface area contributed by atoms with Crippen molar-refractivity contribution in [3.63, 3.8) is 0 Å². The van der Waals surface area contributed by atoms with Crippen LogP contribution in [-0.2, 0) is 4.79 Å². The van der Waals surface area contributed by atoms with Crippen LogP contribution in [0.3, 0.4) is 0 Å². The molecule has 19 heavy (non-hydrogen) atoms. The van der Waals surface area contributed by atoms with Crippen LogP contribution in [0.4, 0.5) is 5.69 Å². The average Bonchev–Trinajstić information content (AvgIpc) is 2.35. The highest BCUT2D eigenvalue weighted by molar-refractivity contribution is 5.87. The molecule has 2 rings (SSSR count). The van der Waals surface area contributed by atoms with Gasteiger partial charge in [0.2, 0.25) is 0 Å². The number of nitrogens with zero attached hydrogens (tertiary/aromatic N) is 1. The van der Waals surface area contributed by atoms with E-state index in [4.69, 9.17) is 0 Å². The number of rotatable bonds is 3. The first-order valence-electron chi connectivity index (χ1n) is 7.22. The van der Waals surface area contributed by atoms with Crippen molar-refractivity contribution in [2.75, 3.05) is 18.5 Å². The van der Waals surface area contributed by atoms with Crippen LogP contribution in [0.15, 0.2) is 24.3 Å². The topological polar surface area (TPSA) is 20.3 Å². The third-order valence-corrected chi connectivity index (χ3v) is 4.33. The molecular weight excluding hydrogens is 234 g/mol. The molecule has 1 aromatic carbocycles. The lowest BCUT2D eigenvalue weighted by Crippen LogP contribution is -2.40. The second kappa shape index (κ2) is 5.36. The van der Waals surface area contributed by atoms with Gasteiger partial charge in [-0.25, -0.2) is 0 Å². The molecule has 1 fully saturated rings. The maximum Gasteiger partial charge on any atom is 0.143 e. The summed E-state index contributed by atoms with van der Waals surface area (Å²) in [6.45, 7) is 7.13. The normalized spacial score (nSPS) is 22.3. The second-order valence-corrected chi connectivity index (χ2v) is 6.56. The van der Waals surface area contributed by atoms with E-state index in [0.717, 1.165) is 19.4 Å². The van der Waals surface area contributed by atoms with E-state index in [9.17, 15) is 4.79 Å². The number of Topliss-reactive ketones (excluding diaryl/α,β-unsaturated/α-hetero) is 1. The Morgan fingerprint density at radius 3 is 2.79 bits per heavy atom. The molecule has 0 aliphatic heterocycles. The van der Waals surface area contributed by atoms with E-state index in [1.54, 1.807) is 0 Å². The maximum absolute atomic E-state index is 12.5. The van der Waals surface area contributed by atoms with Gasteiger partial charge in [-0.3, -0.25) is 4.79 Å². The first-order chi connectivity index (χ1) is 8.90. The van der Waals surface area contributed by atoms with E-state index < -0.39 is 0 Å². The third kappa shape index (κ3) is 3.17. The summed E-state index contributed by atoms with van der Waals surface area (Å²) in [6.07, 6.45) is 3.25. The van der Waals surface area contributed by atoms with Crippen LogP contribution in [0.1, 0.15) is 38.7 Å². The Hall–Kier alpha value is -1.31. The summed E-state index contributed by atoms with van der Waals surface area (Å²) < 4.78 is 0. The van der Waals surface area contributed by atoms with Gasteiger partial charge in [0.1, 0.15) is 5.78 Å². The molecule has 0 spiro atoms. The predicted octanol–water partition coefficient (Wildman–Crippen LogP) is 3.83. The third-order valence-electron chi connectivity index (χ3n) is 4.33. The van der Waals surface area contributed by atoms with Crippen molar-refractivity contribution in [1.29, 1.82) is 0 Å². The first-order valence-corrected chi connectivity index (χ1v) is 7.22. The summed E-state index contributed by atoms with van der Waals surface area (Å²) in [4.78, 5) is 14.7. The Morgan fingerprint density at radius 2 is 2.11 bits per heavy atom. The summed E-state index contributed by atoms with van der Waals surface area (Å²) in [7, 11) is 2.09. The molecule has 0 bridgehead atoms. The Bertz CT molecular complexity index is 464. The van der Waals surface area contributed by atoms with Crippen molar-refractivity contribution in [1.82, 2.24) is 0 Å². The molecule has 1 saturated carbocycles. The standard InChI is InChI=1S/C17H25NO/c1-13-7-5-9-15(11-13)18(4)12-14-8-6-10-17(2,3)16(14)19/h5,7,9,11,14H,6,8,10,12H2,1-4H3. The monoisotopic (exact) mass is 259 g/mol. The Kier molecular flexibility index (Phi) is 3.98. The fourth-order valence-corrected chi connectivity index (χ4v) is 3.07. The van der Waals surface area contributed by atoms with E-state index >= 15 is 0 Å². The van der Waals surface area contributed by atoms with Crippen molar-refractivity contribution in [3.8, 4) is 0 Å². The van der Waals surface area contributed by atoms with E-state index in [1.165, 1.54) is 17.7 Å². The van der Waals surface area contributed by atoms with Crippen LogP contribution in [0.25, 0.3) is 0 Å². The number of carbonyl (C=O) groups excluding carboxylic acids is 1. The lowest BCUT2D eigenvalue weighted by atomic mass is 9.71. The molecule has 0 N–H and O–H groups in total. The van der Waals surface area contributed by atoms with Gasteiger partial charge in [-0.05, 0) is 37.5 Å². The minimum Gasteiger partial charge on any atom is -0.374 e. The molecule has 1 unspecified atom stereocenters. The zero-order valence-corrected chi connectivity index (χ0v) is 12.6. The van der Waals surface area contributed by atoms with Crippen LogP contribution in [0.2, 0.25) is 0 Å². The lowest BCUT2D eigenvalue weighted by molar-refractivity contribution is -0.133. The minimum absolute atomic E-state index is 0.129. The average molecular weight is 259 g/mol. The molecule has 2 heteroatoms. The molecule has 1 atom stereocenters. The van der Waals surface area contributed by atoms with Crippen molar-refractivity contribution in [2.24, 2.45) is 11.3 Å². The van der Waals surface area contributed by atoms with Crippen molar-refractivity contribution in [3.05, 3.63) is 29.8 Å². The zero-order chi connectivity index (χ0) is 14.0. The smallest absolute Gasteiger partial charge is 0.143 e. The summed E-state index contributed by atoms with van der Waals surface area (Å²) in [6, 6.07) is 8.48. The molecule has 1 aliphatic carbocycles. The summed E-state index contributed by atoms with van der Waals surface area (Å²) in [5, 5.41) is 0. The van der Waals surface area contributed by atoms with Crippen LogP contribution in [0.5, 0.6) is 0 Å². The van der Waals surface area contributed by atoms with Crippen molar-refractivity contribution >= 4 is 11.5 Å². The Morgan fingerprint density at radius 1 is 1.37 bits per heavy atom. The Labute approximate surface area is 116 Å². The number of benzene rings is 1. The molecule has 0 aromatic heterocycles. The summed E-state index contributed by atoms with van der Waals surface area (Å²) >= 11 is 0. The number of hydrogen-bond donors (Lipinski definition) is 0. The number of carbonyl (C=O) groups is 1. The largest absolute Gasteiger partial charge is 0.374 e. The van der Waals surface area contributed by atoms with E-state index in [1.807, 2.05) is 0 Å². The SMILES string of the molecule is Cc1cccc(N(C)CC2CCCC(C)(C)C2=O)c1. The number of hydrogen-bond acceptors (Lipinski definition) is 2. The highest BCUT2D eigenvalue weighted by Crippen LogP contribution is 2.36. The predicted molar refractivity (Wildman–Crippen MR) is 80.6 cm³/mol. The summed E-state index contributed by atoms with van der Waals surface area (Å²) in [5.74, 6) is 0.632. The quantitative estimate of drug-likeness (QED) is 0.822. The highest BCUT2D eigenvalue weighted by atomic mass is 16.1. The zero-order valence-electron chi connectivity index (χ0n) is 12.6. The molecule has 104 valence electrons. The van der Waals surface area contributed by atoms with E-state index in [2.05, 4.69) is 57.0 Å². The van der Waals surface area contributed by atoms with Gasteiger partial charge in [-0.2, -0.15) is 0 Å². The van der Waals surface area contributed by atoms with Gasteiger partial charge in [0.05, 0.1) is 0 Å². The van der Waals surface area contributed by atoms with Crippen LogP contribution in [0, 0.1) is 18.3 Å². The van der Waals surface area contributed by atoms with Gasteiger partial charge in [-0.15, -0.1) is 0 Å². The molecule has 2 nitrogen and oxygen atoms in total. The van der Waals surface area contributed by atoms with Crippen LogP contribution < -0.4 is 4.90 Å². The van der Waals surface area contributed by atoms with Crippen molar-refractivity contribution in [2.45, 2.75) is 40.0 Å². The summed E-state index contributed by atoms with van der Waals surface area (Å²) in [5.41, 5.74) is 2.34. The maximum atomic E-state index is 12.5. The van der Waals surface area contributed by atoms with Gasteiger partial charge in [0, 0.05) is 30.6 Å². The first kappa shape index (κ1) is 14.1. The van der Waals surface area contributed by atoms with Gasteiger partial charge < -0.3 is 4.90 Å². The molecule has 0 amide bonds.